The van der Waals surface area contributed by atoms with Crippen molar-refractivity contribution in [2.45, 2.75) is 32.9 Å². The highest BCUT2D eigenvalue weighted by Gasteiger charge is 2.05. The van der Waals surface area contributed by atoms with Crippen LogP contribution in [0.3, 0.4) is 0 Å². The topological polar surface area (TPSA) is 41.3 Å². The molecule has 0 saturated heterocycles. The van der Waals surface area contributed by atoms with Crippen molar-refractivity contribution in [2.24, 2.45) is 0 Å². The van der Waals surface area contributed by atoms with Crippen LogP contribution in [0.25, 0.3) is 0 Å². The Hall–Kier alpha value is -0.870. The van der Waals surface area contributed by atoms with Gasteiger partial charge in [0.05, 0.1) is 12.7 Å². The first-order valence-electron chi connectivity index (χ1n) is 5.52. The Morgan fingerprint density at radius 2 is 2.40 bits per heavy atom. The SMILES string of the molecule is CCC(C)N(C)CCNCc1cnco1. The number of nitrogens with zero attached hydrogens (tertiary/aromatic N) is 2. The molecule has 1 N–H and O–H groups in total. The van der Waals surface area contributed by atoms with Crippen LogP contribution < -0.4 is 5.32 Å². The third-order valence-electron chi connectivity index (χ3n) is 2.77. The standard InChI is InChI=1S/C11H21N3O/c1-4-10(2)14(3)6-5-12-7-11-8-13-9-15-11/h8-10,12H,4-7H2,1-3H3. The monoisotopic (exact) mass is 211 g/mol. The second kappa shape index (κ2) is 6.58. The number of hydrogen-bond acceptors (Lipinski definition) is 4. The van der Waals surface area contributed by atoms with Crippen LogP contribution in [0.4, 0.5) is 0 Å². The molecule has 0 fully saturated rings. The van der Waals surface area contributed by atoms with Crippen molar-refractivity contribution in [3.63, 3.8) is 0 Å². The molecule has 0 aliphatic carbocycles. The lowest BCUT2D eigenvalue weighted by molar-refractivity contribution is 0.251. The van der Waals surface area contributed by atoms with E-state index in [2.05, 4.69) is 36.1 Å². The van der Waals surface area contributed by atoms with Gasteiger partial charge in [0.15, 0.2) is 6.39 Å². The highest BCUT2D eigenvalue weighted by Crippen LogP contribution is 1.99. The van der Waals surface area contributed by atoms with Gasteiger partial charge in [-0.15, -0.1) is 0 Å². The summed E-state index contributed by atoms with van der Waals surface area (Å²) in [6, 6.07) is 0.650. The van der Waals surface area contributed by atoms with Gasteiger partial charge in [-0.2, -0.15) is 0 Å². The summed E-state index contributed by atoms with van der Waals surface area (Å²) in [5.74, 6) is 0.890. The summed E-state index contributed by atoms with van der Waals surface area (Å²) in [6.07, 6.45) is 4.40. The predicted molar refractivity (Wildman–Crippen MR) is 60.6 cm³/mol. The molecule has 0 radical (unpaired) electrons. The molecule has 1 rings (SSSR count). The average molecular weight is 211 g/mol. The number of aromatic nitrogens is 1. The van der Waals surface area contributed by atoms with Crippen molar-refractivity contribution in [2.75, 3.05) is 20.1 Å². The molecule has 1 heterocycles. The van der Waals surface area contributed by atoms with Gasteiger partial charge in [0, 0.05) is 19.1 Å². The van der Waals surface area contributed by atoms with E-state index in [9.17, 15) is 0 Å². The molecule has 4 nitrogen and oxygen atoms in total. The van der Waals surface area contributed by atoms with E-state index in [-0.39, 0.29) is 0 Å². The number of rotatable bonds is 7. The van der Waals surface area contributed by atoms with Crippen LogP contribution in [0.2, 0.25) is 0 Å². The Morgan fingerprint density at radius 3 is 3.00 bits per heavy atom. The summed E-state index contributed by atoms with van der Waals surface area (Å²) in [7, 11) is 2.16. The van der Waals surface area contributed by atoms with Crippen molar-refractivity contribution >= 4 is 0 Å². The molecule has 0 amide bonds. The molecule has 1 atom stereocenters. The molecule has 0 aliphatic rings. The molecule has 4 heteroatoms. The zero-order chi connectivity index (χ0) is 11.1. The second-order valence-corrected chi connectivity index (χ2v) is 3.88. The lowest BCUT2D eigenvalue weighted by atomic mass is 10.2. The minimum atomic E-state index is 0.650. The van der Waals surface area contributed by atoms with Gasteiger partial charge in [-0.1, -0.05) is 6.92 Å². The van der Waals surface area contributed by atoms with E-state index in [1.165, 1.54) is 12.8 Å². The summed E-state index contributed by atoms with van der Waals surface area (Å²) in [5.41, 5.74) is 0. The quantitative estimate of drug-likeness (QED) is 0.694. The molecule has 0 saturated carbocycles. The van der Waals surface area contributed by atoms with Gasteiger partial charge in [0.25, 0.3) is 0 Å². The predicted octanol–water partition coefficient (Wildman–Crippen LogP) is 1.49. The first-order chi connectivity index (χ1) is 7.24. The van der Waals surface area contributed by atoms with Crippen molar-refractivity contribution in [3.05, 3.63) is 18.4 Å². The van der Waals surface area contributed by atoms with Crippen LogP contribution >= 0.6 is 0 Å². The van der Waals surface area contributed by atoms with Crippen LogP contribution in [0.1, 0.15) is 26.0 Å². The Bertz CT molecular complexity index is 248. The van der Waals surface area contributed by atoms with E-state index in [0.29, 0.717) is 6.04 Å². The minimum absolute atomic E-state index is 0.650. The molecule has 0 aliphatic heterocycles. The van der Waals surface area contributed by atoms with Gasteiger partial charge >= 0.3 is 0 Å². The van der Waals surface area contributed by atoms with Crippen molar-refractivity contribution in [1.82, 2.24) is 15.2 Å². The van der Waals surface area contributed by atoms with E-state index in [1.807, 2.05) is 0 Å². The maximum atomic E-state index is 5.12. The number of hydrogen-bond donors (Lipinski definition) is 1. The summed E-state index contributed by atoms with van der Waals surface area (Å²) in [6.45, 7) is 7.25. The summed E-state index contributed by atoms with van der Waals surface area (Å²) < 4.78 is 5.12. The van der Waals surface area contributed by atoms with Crippen LogP contribution in [-0.2, 0) is 6.54 Å². The first kappa shape index (κ1) is 12.2. The largest absolute Gasteiger partial charge is 0.447 e. The molecular formula is C11H21N3O. The lowest BCUT2D eigenvalue weighted by Crippen LogP contribution is -2.34. The molecule has 1 aromatic heterocycles. The van der Waals surface area contributed by atoms with Crippen LogP contribution in [0.5, 0.6) is 0 Å². The van der Waals surface area contributed by atoms with E-state index in [1.54, 1.807) is 6.20 Å². The smallest absolute Gasteiger partial charge is 0.180 e. The fraction of sp³-hybridized carbons (Fsp3) is 0.727. The van der Waals surface area contributed by atoms with Crippen molar-refractivity contribution < 1.29 is 4.42 Å². The molecule has 0 aromatic carbocycles. The van der Waals surface area contributed by atoms with E-state index in [0.717, 1.165) is 25.4 Å². The fourth-order valence-corrected chi connectivity index (χ4v) is 1.33. The molecule has 0 spiro atoms. The van der Waals surface area contributed by atoms with Crippen molar-refractivity contribution in [3.8, 4) is 0 Å². The van der Waals surface area contributed by atoms with Gasteiger partial charge in [0.2, 0.25) is 0 Å². The van der Waals surface area contributed by atoms with Crippen molar-refractivity contribution in [1.29, 1.82) is 0 Å². The van der Waals surface area contributed by atoms with Crippen LogP contribution in [-0.4, -0.2) is 36.1 Å². The van der Waals surface area contributed by atoms with Gasteiger partial charge < -0.3 is 14.6 Å². The number of likely N-dealkylation sites (N-methyl/N-ethyl adjacent to an activating group) is 1. The molecule has 15 heavy (non-hydrogen) atoms. The van der Waals surface area contributed by atoms with Crippen LogP contribution in [0.15, 0.2) is 17.0 Å². The fourth-order valence-electron chi connectivity index (χ4n) is 1.33. The summed E-state index contributed by atoms with van der Waals surface area (Å²) in [4.78, 5) is 6.21. The maximum Gasteiger partial charge on any atom is 0.180 e. The Labute approximate surface area is 91.7 Å². The van der Waals surface area contributed by atoms with E-state index in [4.69, 9.17) is 4.42 Å². The zero-order valence-electron chi connectivity index (χ0n) is 9.86. The zero-order valence-corrected chi connectivity index (χ0v) is 9.86. The van der Waals surface area contributed by atoms with Crippen LogP contribution in [0, 0.1) is 0 Å². The molecule has 0 bridgehead atoms. The highest BCUT2D eigenvalue weighted by molar-refractivity contribution is 4.86. The van der Waals surface area contributed by atoms with E-state index >= 15 is 0 Å². The van der Waals surface area contributed by atoms with Gasteiger partial charge in [0.1, 0.15) is 5.76 Å². The Morgan fingerprint density at radius 1 is 1.60 bits per heavy atom. The average Bonchev–Trinajstić information content (AvgIpc) is 2.75. The highest BCUT2D eigenvalue weighted by atomic mass is 16.3. The normalized spacial score (nSPS) is 13.3. The molecule has 86 valence electrons. The molecule has 1 aromatic rings. The number of nitrogens with one attached hydrogen (secondary N) is 1. The Kier molecular flexibility index (Phi) is 5.36. The Balaban J connectivity index is 2.06. The van der Waals surface area contributed by atoms with Gasteiger partial charge in [-0.3, -0.25) is 0 Å². The second-order valence-electron chi connectivity index (χ2n) is 3.88. The van der Waals surface area contributed by atoms with Gasteiger partial charge in [-0.25, -0.2) is 4.98 Å². The molecule has 1 unspecified atom stereocenters. The third kappa shape index (κ3) is 4.44. The minimum Gasteiger partial charge on any atom is -0.447 e. The summed E-state index contributed by atoms with van der Waals surface area (Å²) >= 11 is 0. The van der Waals surface area contributed by atoms with E-state index < -0.39 is 0 Å². The molecular weight excluding hydrogens is 190 g/mol. The maximum absolute atomic E-state index is 5.12. The summed E-state index contributed by atoms with van der Waals surface area (Å²) in [5, 5.41) is 3.32. The first-order valence-corrected chi connectivity index (χ1v) is 5.52. The van der Waals surface area contributed by atoms with Gasteiger partial charge in [-0.05, 0) is 20.4 Å². The lowest BCUT2D eigenvalue weighted by Gasteiger charge is -2.23. The third-order valence-corrected chi connectivity index (χ3v) is 2.77. The number of oxazole rings is 1.